The van der Waals surface area contributed by atoms with E-state index >= 15 is 0 Å². The Morgan fingerprint density at radius 2 is 1.97 bits per heavy atom. The minimum atomic E-state index is 0. The lowest BCUT2D eigenvalue weighted by molar-refractivity contribution is 0.473. The number of guanidine groups is 1. The predicted octanol–water partition coefficient (Wildman–Crippen LogP) is 3.34. The molecule has 0 bridgehead atoms. The molecule has 0 unspecified atom stereocenters. The Morgan fingerprint density at radius 3 is 2.63 bits per heavy atom. The Balaban J connectivity index is 0.00000320. The molecule has 0 aliphatic heterocycles. The van der Waals surface area contributed by atoms with E-state index in [1.807, 2.05) is 53.7 Å². The molecule has 0 radical (unpaired) electrons. The van der Waals surface area contributed by atoms with Crippen molar-refractivity contribution in [3.8, 4) is 5.69 Å². The first kappa shape index (κ1) is 23.8. The van der Waals surface area contributed by atoms with Crippen molar-refractivity contribution in [2.45, 2.75) is 39.8 Å². The van der Waals surface area contributed by atoms with Crippen LogP contribution in [0.1, 0.15) is 43.8 Å². The highest BCUT2D eigenvalue weighted by Crippen LogP contribution is 2.18. The molecular weight excluding hydrogens is 491 g/mol. The van der Waals surface area contributed by atoms with Crippen LogP contribution in [0.25, 0.3) is 5.69 Å². The van der Waals surface area contributed by atoms with Gasteiger partial charge in [0.1, 0.15) is 12.9 Å². The van der Waals surface area contributed by atoms with Crippen LogP contribution >= 0.6 is 24.0 Å². The average molecular weight is 522 g/mol. The van der Waals surface area contributed by atoms with Crippen molar-refractivity contribution >= 4 is 29.9 Å². The van der Waals surface area contributed by atoms with Crippen molar-refractivity contribution in [3.63, 3.8) is 0 Å². The fourth-order valence-electron chi connectivity index (χ4n) is 3.28. The van der Waals surface area contributed by atoms with E-state index in [2.05, 4.69) is 52.5 Å². The lowest BCUT2D eigenvalue weighted by Crippen LogP contribution is -2.38. The molecule has 0 saturated heterocycles. The van der Waals surface area contributed by atoms with Crippen LogP contribution in [-0.4, -0.2) is 49.0 Å². The Morgan fingerprint density at radius 1 is 1.23 bits per heavy atom. The van der Waals surface area contributed by atoms with Crippen LogP contribution in [0.5, 0.6) is 0 Å². The van der Waals surface area contributed by atoms with Gasteiger partial charge in [-0.2, -0.15) is 5.10 Å². The minimum absolute atomic E-state index is 0. The van der Waals surface area contributed by atoms with E-state index < -0.39 is 0 Å². The molecule has 162 valence electrons. The van der Waals surface area contributed by atoms with Crippen molar-refractivity contribution in [3.05, 3.63) is 59.9 Å². The number of aryl methyl sites for hydroxylation is 1. The minimum Gasteiger partial charge on any atom is -0.357 e. The second-order valence-corrected chi connectivity index (χ2v) is 7.35. The monoisotopic (exact) mass is 522 g/mol. The third-order valence-corrected chi connectivity index (χ3v) is 4.61. The maximum absolute atomic E-state index is 4.80. The van der Waals surface area contributed by atoms with Gasteiger partial charge in [0, 0.05) is 44.6 Å². The number of halogens is 1. The van der Waals surface area contributed by atoms with Crippen LogP contribution in [0.3, 0.4) is 0 Å². The molecule has 0 atom stereocenters. The van der Waals surface area contributed by atoms with Crippen LogP contribution in [0, 0.1) is 0 Å². The van der Waals surface area contributed by atoms with Gasteiger partial charge in [0.2, 0.25) is 0 Å². The highest BCUT2D eigenvalue weighted by atomic mass is 127. The van der Waals surface area contributed by atoms with Gasteiger partial charge in [-0.15, -0.1) is 34.2 Å². The van der Waals surface area contributed by atoms with Crippen LogP contribution in [0.4, 0.5) is 0 Å². The Kier molecular flexibility index (Phi) is 8.82. The van der Waals surface area contributed by atoms with Gasteiger partial charge < -0.3 is 10.2 Å². The number of rotatable bonds is 7. The Hall–Kier alpha value is -2.43. The van der Waals surface area contributed by atoms with Gasteiger partial charge in [-0.25, -0.2) is 4.99 Å². The summed E-state index contributed by atoms with van der Waals surface area (Å²) in [7, 11) is 4.01. The number of nitrogens with one attached hydrogen (secondary N) is 1. The number of nitrogens with zero attached hydrogens (tertiary/aromatic N) is 7. The van der Waals surface area contributed by atoms with Gasteiger partial charge >= 0.3 is 0 Å². The molecule has 9 heteroatoms. The molecule has 2 aromatic heterocycles. The van der Waals surface area contributed by atoms with E-state index in [-0.39, 0.29) is 24.0 Å². The van der Waals surface area contributed by atoms with Crippen molar-refractivity contribution in [2.75, 3.05) is 13.6 Å². The molecule has 8 nitrogen and oxygen atoms in total. The molecule has 0 spiro atoms. The summed E-state index contributed by atoms with van der Waals surface area (Å²) < 4.78 is 3.84. The molecule has 3 aromatic rings. The summed E-state index contributed by atoms with van der Waals surface area (Å²) in [4.78, 5) is 6.92. The van der Waals surface area contributed by atoms with Crippen molar-refractivity contribution < 1.29 is 0 Å². The summed E-state index contributed by atoms with van der Waals surface area (Å²) in [5, 5.41) is 16.3. The number of hydrogen-bond donors (Lipinski definition) is 1. The van der Waals surface area contributed by atoms with E-state index in [0.717, 1.165) is 36.3 Å². The van der Waals surface area contributed by atoms with E-state index in [0.29, 0.717) is 12.5 Å². The first-order valence-electron chi connectivity index (χ1n) is 9.95. The molecule has 3 rings (SSSR count). The van der Waals surface area contributed by atoms with Gasteiger partial charge in [0.25, 0.3) is 0 Å². The number of hydrogen-bond acceptors (Lipinski definition) is 4. The molecule has 1 N–H and O–H groups in total. The molecule has 0 aliphatic rings. The molecule has 0 saturated carbocycles. The highest BCUT2D eigenvalue weighted by molar-refractivity contribution is 14.0. The van der Waals surface area contributed by atoms with Gasteiger partial charge in [0.05, 0.1) is 5.69 Å². The summed E-state index contributed by atoms with van der Waals surface area (Å²) >= 11 is 0. The fourth-order valence-corrected chi connectivity index (χ4v) is 3.28. The molecule has 0 aliphatic carbocycles. The molecule has 0 fully saturated rings. The zero-order valence-corrected chi connectivity index (χ0v) is 20.6. The first-order valence-corrected chi connectivity index (χ1v) is 9.95. The standard InChI is InChI=1S/C21H30N8.HI/c1-6-22-21(27(4)13-17-14-28(5)26-20(17)16(2)3)23-12-19-25-24-15-29(19)18-10-8-7-9-11-18;/h7-11,14-16H,6,12-13H2,1-5H3,(H,22,23);1H. The Labute approximate surface area is 195 Å². The topological polar surface area (TPSA) is 76.2 Å². The summed E-state index contributed by atoms with van der Waals surface area (Å²) in [5.74, 6) is 2.00. The van der Waals surface area contributed by atoms with Gasteiger partial charge in [0.15, 0.2) is 11.8 Å². The molecular formula is C21H31IN8. The normalized spacial score (nSPS) is 11.5. The zero-order chi connectivity index (χ0) is 20.8. The van der Waals surface area contributed by atoms with E-state index in [4.69, 9.17) is 4.99 Å². The zero-order valence-electron chi connectivity index (χ0n) is 18.3. The van der Waals surface area contributed by atoms with Crippen molar-refractivity contribution in [1.29, 1.82) is 0 Å². The number of para-hydroxylation sites is 1. The summed E-state index contributed by atoms with van der Waals surface area (Å²) in [6.07, 6.45) is 3.81. The predicted molar refractivity (Wildman–Crippen MR) is 130 cm³/mol. The fraction of sp³-hybridized carbons (Fsp3) is 0.429. The third kappa shape index (κ3) is 5.80. The van der Waals surface area contributed by atoms with Crippen molar-refractivity contribution in [1.82, 2.24) is 34.8 Å². The van der Waals surface area contributed by atoms with E-state index in [1.165, 1.54) is 5.56 Å². The maximum atomic E-state index is 4.80. The summed E-state index contributed by atoms with van der Waals surface area (Å²) in [6, 6.07) is 10.1. The Bertz CT molecular complexity index is 945. The molecule has 1 aromatic carbocycles. The summed E-state index contributed by atoms with van der Waals surface area (Å²) in [6.45, 7) is 8.37. The second-order valence-electron chi connectivity index (χ2n) is 7.35. The number of aromatic nitrogens is 5. The molecule has 2 heterocycles. The van der Waals surface area contributed by atoms with E-state index in [9.17, 15) is 0 Å². The molecule has 30 heavy (non-hydrogen) atoms. The van der Waals surface area contributed by atoms with Gasteiger partial charge in [-0.3, -0.25) is 9.25 Å². The number of benzene rings is 1. The van der Waals surface area contributed by atoms with Crippen LogP contribution in [0.15, 0.2) is 47.8 Å². The third-order valence-electron chi connectivity index (χ3n) is 4.61. The van der Waals surface area contributed by atoms with Gasteiger partial charge in [-0.05, 0) is 25.0 Å². The van der Waals surface area contributed by atoms with Crippen molar-refractivity contribution in [2.24, 2.45) is 12.0 Å². The quantitative estimate of drug-likeness (QED) is 0.293. The maximum Gasteiger partial charge on any atom is 0.194 e. The lowest BCUT2D eigenvalue weighted by Gasteiger charge is -2.22. The number of aliphatic imine (C=N–C) groups is 1. The van der Waals surface area contributed by atoms with Crippen LogP contribution < -0.4 is 5.32 Å². The smallest absolute Gasteiger partial charge is 0.194 e. The van der Waals surface area contributed by atoms with Gasteiger partial charge in [-0.1, -0.05) is 32.0 Å². The largest absolute Gasteiger partial charge is 0.357 e. The average Bonchev–Trinajstić information content (AvgIpc) is 3.32. The van der Waals surface area contributed by atoms with Crippen LogP contribution in [0.2, 0.25) is 0 Å². The van der Waals surface area contributed by atoms with Crippen LogP contribution in [-0.2, 0) is 20.1 Å². The molecule has 0 amide bonds. The lowest BCUT2D eigenvalue weighted by atomic mass is 10.1. The first-order chi connectivity index (χ1) is 14.0. The SMILES string of the molecule is CCNC(=NCc1nncn1-c1ccccc1)N(C)Cc1cn(C)nc1C(C)C.I. The summed E-state index contributed by atoms with van der Waals surface area (Å²) in [5.41, 5.74) is 3.36. The highest BCUT2D eigenvalue weighted by Gasteiger charge is 2.15. The van der Waals surface area contributed by atoms with E-state index in [1.54, 1.807) is 6.33 Å². The second kappa shape index (κ2) is 11.1.